The Hall–Kier alpha value is -0.780. The van der Waals surface area contributed by atoms with Crippen molar-refractivity contribution in [2.75, 3.05) is 11.9 Å². The smallest absolute Gasteiger partial charge is 0.337 e. The molecule has 1 unspecified atom stereocenters. The van der Waals surface area contributed by atoms with Crippen LogP contribution in [0.5, 0.6) is 0 Å². The summed E-state index contributed by atoms with van der Waals surface area (Å²) in [5, 5.41) is 21.6. The number of halogens is 2. The highest BCUT2D eigenvalue weighted by Crippen LogP contribution is 2.26. The first-order valence-corrected chi connectivity index (χ1v) is 5.65. The molecule has 1 aromatic carbocycles. The van der Waals surface area contributed by atoms with Gasteiger partial charge in [-0.15, -0.1) is 0 Å². The van der Waals surface area contributed by atoms with Crippen LogP contribution in [0.25, 0.3) is 0 Å². The number of carboxylic acids is 1. The summed E-state index contributed by atoms with van der Waals surface area (Å²) in [5.41, 5.74) is -1.13. The van der Waals surface area contributed by atoms with Crippen molar-refractivity contribution in [1.82, 2.24) is 0 Å². The minimum atomic E-state index is -1.81. The maximum atomic E-state index is 10.7. The van der Waals surface area contributed by atoms with Crippen molar-refractivity contribution >= 4 is 39.2 Å². The molecule has 88 valence electrons. The first kappa shape index (κ1) is 13.3. The highest BCUT2D eigenvalue weighted by Gasteiger charge is 2.29. The lowest BCUT2D eigenvalue weighted by atomic mass is 10.1. The molecule has 0 saturated heterocycles. The molecule has 3 N–H and O–H groups in total. The van der Waals surface area contributed by atoms with Gasteiger partial charge in [0.25, 0.3) is 0 Å². The number of nitrogens with one attached hydrogen (secondary N) is 1. The largest absolute Gasteiger partial charge is 0.479 e. The molecule has 0 aliphatic rings. The Morgan fingerprint density at radius 2 is 2.25 bits per heavy atom. The minimum Gasteiger partial charge on any atom is -0.479 e. The Morgan fingerprint density at radius 1 is 1.62 bits per heavy atom. The molecule has 0 aliphatic carbocycles. The molecule has 0 fully saturated rings. The van der Waals surface area contributed by atoms with Crippen molar-refractivity contribution in [3.05, 3.63) is 27.7 Å². The van der Waals surface area contributed by atoms with Gasteiger partial charge in [-0.25, -0.2) is 4.79 Å². The number of benzene rings is 1. The van der Waals surface area contributed by atoms with E-state index in [9.17, 15) is 9.90 Å². The summed E-state index contributed by atoms with van der Waals surface area (Å²) in [7, 11) is 0. The van der Waals surface area contributed by atoms with Gasteiger partial charge in [0.2, 0.25) is 0 Å². The molecule has 0 bridgehead atoms. The average molecular weight is 309 g/mol. The molecule has 0 saturated carbocycles. The molecule has 0 aliphatic heterocycles. The minimum absolute atomic E-state index is 0.0947. The average Bonchev–Trinajstić information content (AvgIpc) is 2.16. The van der Waals surface area contributed by atoms with Gasteiger partial charge in [-0.3, -0.25) is 0 Å². The van der Waals surface area contributed by atoms with E-state index in [-0.39, 0.29) is 6.54 Å². The molecule has 1 aromatic rings. The van der Waals surface area contributed by atoms with Gasteiger partial charge in [0.15, 0.2) is 5.60 Å². The van der Waals surface area contributed by atoms with E-state index in [0.29, 0.717) is 15.2 Å². The SMILES string of the molecule is CC(O)(CNc1ccc(Cl)cc1Br)C(=O)O. The zero-order chi connectivity index (χ0) is 12.3. The summed E-state index contributed by atoms with van der Waals surface area (Å²) in [4.78, 5) is 10.7. The molecule has 6 heteroatoms. The molecule has 4 nitrogen and oxygen atoms in total. The fourth-order valence-electron chi connectivity index (χ4n) is 0.976. The second-order valence-corrected chi connectivity index (χ2v) is 4.85. The molecule has 0 radical (unpaired) electrons. The van der Waals surface area contributed by atoms with Gasteiger partial charge in [0.1, 0.15) is 0 Å². The summed E-state index contributed by atoms with van der Waals surface area (Å²) in [6, 6.07) is 5.05. The number of carboxylic acid groups (broad SMARTS) is 1. The zero-order valence-corrected chi connectivity index (χ0v) is 10.8. The van der Waals surface area contributed by atoms with Crippen molar-refractivity contribution in [2.45, 2.75) is 12.5 Å². The summed E-state index contributed by atoms with van der Waals surface area (Å²) < 4.78 is 0.709. The van der Waals surface area contributed by atoms with Crippen LogP contribution >= 0.6 is 27.5 Å². The summed E-state index contributed by atoms with van der Waals surface area (Å²) >= 11 is 9.03. The number of hydrogen-bond donors (Lipinski definition) is 3. The highest BCUT2D eigenvalue weighted by molar-refractivity contribution is 9.10. The molecule has 1 rings (SSSR count). The first-order chi connectivity index (χ1) is 7.33. The predicted molar refractivity (Wildman–Crippen MR) is 65.9 cm³/mol. The summed E-state index contributed by atoms with van der Waals surface area (Å²) in [5.74, 6) is -1.27. The summed E-state index contributed by atoms with van der Waals surface area (Å²) in [6.45, 7) is 1.13. The van der Waals surface area contributed by atoms with Gasteiger partial charge in [0, 0.05) is 15.2 Å². The Labute approximate surface area is 106 Å². The van der Waals surface area contributed by atoms with Crippen LogP contribution in [0.4, 0.5) is 5.69 Å². The maximum Gasteiger partial charge on any atom is 0.337 e. The third-order valence-electron chi connectivity index (χ3n) is 2.01. The fraction of sp³-hybridized carbons (Fsp3) is 0.300. The fourth-order valence-corrected chi connectivity index (χ4v) is 1.80. The second kappa shape index (κ2) is 5.03. The van der Waals surface area contributed by atoms with Crippen molar-refractivity contribution in [3.63, 3.8) is 0 Å². The molecular weight excluding hydrogens is 297 g/mol. The Kier molecular flexibility index (Phi) is 4.18. The van der Waals surface area contributed by atoms with Crippen LogP contribution in [0, 0.1) is 0 Å². The van der Waals surface area contributed by atoms with E-state index in [4.69, 9.17) is 16.7 Å². The van der Waals surface area contributed by atoms with Crippen LogP contribution in [-0.2, 0) is 4.79 Å². The van der Waals surface area contributed by atoms with E-state index >= 15 is 0 Å². The van der Waals surface area contributed by atoms with E-state index in [1.807, 2.05) is 0 Å². The standard InChI is InChI=1S/C10H11BrClNO3/c1-10(16,9(14)15)5-13-8-3-2-6(12)4-7(8)11/h2-4,13,16H,5H2,1H3,(H,14,15). The lowest BCUT2D eigenvalue weighted by Crippen LogP contribution is -2.41. The van der Waals surface area contributed by atoms with Crippen LogP contribution in [0.15, 0.2) is 22.7 Å². The third kappa shape index (κ3) is 3.37. The third-order valence-corrected chi connectivity index (χ3v) is 2.91. The number of aliphatic hydroxyl groups is 1. The topological polar surface area (TPSA) is 69.6 Å². The number of aliphatic carboxylic acids is 1. The quantitative estimate of drug-likeness (QED) is 0.798. The number of carbonyl (C=O) groups is 1. The van der Waals surface area contributed by atoms with Gasteiger partial charge >= 0.3 is 5.97 Å². The van der Waals surface area contributed by atoms with Gasteiger partial charge in [-0.05, 0) is 41.1 Å². The highest BCUT2D eigenvalue weighted by atomic mass is 79.9. The van der Waals surface area contributed by atoms with E-state index in [1.165, 1.54) is 6.92 Å². The van der Waals surface area contributed by atoms with Crippen molar-refractivity contribution in [3.8, 4) is 0 Å². The van der Waals surface area contributed by atoms with Crippen LogP contribution in [0.2, 0.25) is 5.02 Å². The lowest BCUT2D eigenvalue weighted by molar-refractivity contribution is -0.155. The Bertz CT molecular complexity index is 409. The van der Waals surface area contributed by atoms with Crippen molar-refractivity contribution < 1.29 is 15.0 Å². The number of anilines is 1. The molecular formula is C10H11BrClNO3. The van der Waals surface area contributed by atoms with Gasteiger partial charge in [-0.1, -0.05) is 11.6 Å². The van der Waals surface area contributed by atoms with Crippen molar-refractivity contribution in [1.29, 1.82) is 0 Å². The van der Waals surface area contributed by atoms with Crippen molar-refractivity contribution in [2.24, 2.45) is 0 Å². The number of hydrogen-bond acceptors (Lipinski definition) is 3. The molecule has 1 atom stereocenters. The Morgan fingerprint density at radius 3 is 2.75 bits per heavy atom. The Balaban J connectivity index is 2.72. The second-order valence-electron chi connectivity index (χ2n) is 3.56. The molecule has 0 aromatic heterocycles. The van der Waals surface area contributed by atoms with Crippen LogP contribution in [0.3, 0.4) is 0 Å². The van der Waals surface area contributed by atoms with Gasteiger partial charge in [0.05, 0.1) is 6.54 Å². The molecule has 0 amide bonds. The maximum absolute atomic E-state index is 10.7. The number of rotatable bonds is 4. The molecule has 16 heavy (non-hydrogen) atoms. The van der Waals surface area contributed by atoms with Gasteiger partial charge < -0.3 is 15.5 Å². The lowest BCUT2D eigenvalue weighted by Gasteiger charge is -2.19. The molecule has 0 spiro atoms. The summed E-state index contributed by atoms with van der Waals surface area (Å²) in [6.07, 6.45) is 0. The van der Waals surface area contributed by atoms with E-state index in [2.05, 4.69) is 21.2 Å². The van der Waals surface area contributed by atoms with E-state index in [0.717, 1.165) is 0 Å². The normalized spacial score (nSPS) is 14.2. The van der Waals surface area contributed by atoms with E-state index in [1.54, 1.807) is 18.2 Å². The monoisotopic (exact) mass is 307 g/mol. The van der Waals surface area contributed by atoms with Gasteiger partial charge in [-0.2, -0.15) is 0 Å². The zero-order valence-electron chi connectivity index (χ0n) is 8.50. The molecule has 0 heterocycles. The van der Waals surface area contributed by atoms with Crippen LogP contribution in [0.1, 0.15) is 6.92 Å². The predicted octanol–water partition coefficient (Wildman–Crippen LogP) is 2.35. The van der Waals surface area contributed by atoms with Crippen LogP contribution in [-0.4, -0.2) is 28.3 Å². The van der Waals surface area contributed by atoms with E-state index < -0.39 is 11.6 Å². The first-order valence-electron chi connectivity index (χ1n) is 4.47. The van der Waals surface area contributed by atoms with Crippen LogP contribution < -0.4 is 5.32 Å².